The van der Waals surface area contributed by atoms with Crippen molar-refractivity contribution in [3.63, 3.8) is 0 Å². The summed E-state index contributed by atoms with van der Waals surface area (Å²) in [5, 5.41) is 4.28. The number of rotatable bonds is 6. The fourth-order valence-electron chi connectivity index (χ4n) is 2.55. The second-order valence-electron chi connectivity index (χ2n) is 4.95. The third-order valence-electron chi connectivity index (χ3n) is 3.59. The van der Waals surface area contributed by atoms with Crippen LogP contribution in [0.3, 0.4) is 0 Å². The molecule has 1 aromatic carbocycles. The van der Waals surface area contributed by atoms with Gasteiger partial charge in [-0.3, -0.25) is 0 Å². The van der Waals surface area contributed by atoms with E-state index in [1.807, 2.05) is 12.1 Å². The standard InChI is InChI=1S/C15H22ClNO2/c1-3-7-17-15(12-6-8-19-10-12)11-4-5-14(18-2)13(16)9-11/h4-5,9,12,15,17H,3,6-8,10H2,1-2H3. The summed E-state index contributed by atoms with van der Waals surface area (Å²) in [5.41, 5.74) is 1.22. The highest BCUT2D eigenvalue weighted by Gasteiger charge is 2.27. The molecule has 0 bridgehead atoms. The SMILES string of the molecule is CCCNC(c1ccc(OC)c(Cl)c1)C1CCOC1. The van der Waals surface area contributed by atoms with Gasteiger partial charge in [-0.1, -0.05) is 24.6 Å². The van der Waals surface area contributed by atoms with E-state index in [9.17, 15) is 0 Å². The van der Waals surface area contributed by atoms with Crippen LogP contribution in [-0.2, 0) is 4.74 Å². The van der Waals surface area contributed by atoms with E-state index >= 15 is 0 Å². The van der Waals surface area contributed by atoms with Gasteiger partial charge in [0.05, 0.1) is 18.7 Å². The Labute approximate surface area is 120 Å². The first-order valence-electron chi connectivity index (χ1n) is 6.90. The van der Waals surface area contributed by atoms with Crippen molar-refractivity contribution in [1.29, 1.82) is 0 Å². The molecule has 0 radical (unpaired) electrons. The number of methoxy groups -OCH3 is 1. The zero-order chi connectivity index (χ0) is 13.7. The Morgan fingerprint density at radius 2 is 2.37 bits per heavy atom. The summed E-state index contributed by atoms with van der Waals surface area (Å²) in [5.74, 6) is 1.25. The molecule has 1 fully saturated rings. The van der Waals surface area contributed by atoms with Gasteiger partial charge in [0.15, 0.2) is 0 Å². The first-order chi connectivity index (χ1) is 9.26. The minimum Gasteiger partial charge on any atom is -0.495 e. The van der Waals surface area contributed by atoms with E-state index in [4.69, 9.17) is 21.1 Å². The van der Waals surface area contributed by atoms with Crippen LogP contribution >= 0.6 is 11.6 Å². The van der Waals surface area contributed by atoms with Crippen LogP contribution in [0.25, 0.3) is 0 Å². The molecule has 1 N–H and O–H groups in total. The van der Waals surface area contributed by atoms with Gasteiger partial charge < -0.3 is 14.8 Å². The molecule has 0 spiro atoms. The van der Waals surface area contributed by atoms with E-state index in [2.05, 4.69) is 18.3 Å². The molecular weight excluding hydrogens is 262 g/mol. The van der Waals surface area contributed by atoms with Crippen LogP contribution in [0.4, 0.5) is 0 Å². The van der Waals surface area contributed by atoms with E-state index in [0.29, 0.717) is 17.0 Å². The number of benzene rings is 1. The molecule has 1 heterocycles. The van der Waals surface area contributed by atoms with E-state index in [0.717, 1.165) is 38.3 Å². The van der Waals surface area contributed by atoms with E-state index in [1.165, 1.54) is 5.56 Å². The molecule has 0 saturated carbocycles. The first-order valence-corrected chi connectivity index (χ1v) is 7.28. The van der Waals surface area contributed by atoms with Crippen molar-refractivity contribution < 1.29 is 9.47 Å². The molecule has 1 aliphatic heterocycles. The van der Waals surface area contributed by atoms with Crippen LogP contribution < -0.4 is 10.1 Å². The van der Waals surface area contributed by atoms with Gasteiger partial charge in [-0.2, -0.15) is 0 Å². The summed E-state index contributed by atoms with van der Waals surface area (Å²) >= 11 is 6.23. The third kappa shape index (κ3) is 3.62. The van der Waals surface area contributed by atoms with Crippen molar-refractivity contribution in [3.05, 3.63) is 28.8 Å². The summed E-state index contributed by atoms with van der Waals surface area (Å²) in [6, 6.07) is 6.35. The fourth-order valence-corrected chi connectivity index (χ4v) is 2.81. The predicted molar refractivity (Wildman–Crippen MR) is 78.0 cm³/mol. The minimum absolute atomic E-state index is 0.311. The maximum absolute atomic E-state index is 6.23. The van der Waals surface area contributed by atoms with Crippen molar-refractivity contribution in [2.24, 2.45) is 5.92 Å². The second kappa shape index (κ2) is 7.13. The number of hydrogen-bond acceptors (Lipinski definition) is 3. The van der Waals surface area contributed by atoms with Crippen LogP contribution in [0.5, 0.6) is 5.75 Å². The first kappa shape index (κ1) is 14.6. The molecule has 0 aromatic heterocycles. The van der Waals surface area contributed by atoms with Crippen LogP contribution in [0.2, 0.25) is 5.02 Å². The molecule has 2 rings (SSSR count). The summed E-state index contributed by atoms with van der Waals surface area (Å²) in [6.45, 7) is 4.87. The van der Waals surface area contributed by atoms with Gasteiger partial charge in [0.1, 0.15) is 5.75 Å². The van der Waals surface area contributed by atoms with Crippen molar-refractivity contribution in [1.82, 2.24) is 5.32 Å². The van der Waals surface area contributed by atoms with Crippen LogP contribution in [0.15, 0.2) is 18.2 Å². The van der Waals surface area contributed by atoms with Crippen molar-refractivity contribution >= 4 is 11.6 Å². The zero-order valence-electron chi connectivity index (χ0n) is 11.6. The van der Waals surface area contributed by atoms with Gasteiger partial charge in [-0.15, -0.1) is 0 Å². The Bertz CT molecular complexity index is 405. The Balaban J connectivity index is 2.18. The van der Waals surface area contributed by atoms with Crippen molar-refractivity contribution in [2.75, 3.05) is 26.9 Å². The van der Waals surface area contributed by atoms with Gasteiger partial charge in [-0.05, 0) is 37.1 Å². The maximum atomic E-state index is 6.23. The predicted octanol–water partition coefficient (Wildman–Crippen LogP) is 3.43. The average Bonchev–Trinajstić information content (AvgIpc) is 2.93. The van der Waals surface area contributed by atoms with Gasteiger partial charge in [0.2, 0.25) is 0 Å². The Kier molecular flexibility index (Phi) is 5.49. The zero-order valence-corrected chi connectivity index (χ0v) is 12.4. The number of ether oxygens (including phenoxy) is 2. The minimum atomic E-state index is 0.311. The Hall–Kier alpha value is -0.770. The quantitative estimate of drug-likeness (QED) is 0.868. The maximum Gasteiger partial charge on any atom is 0.137 e. The summed E-state index contributed by atoms with van der Waals surface area (Å²) in [6.07, 6.45) is 2.22. The lowest BCUT2D eigenvalue weighted by Gasteiger charge is -2.24. The number of nitrogens with one attached hydrogen (secondary N) is 1. The highest BCUT2D eigenvalue weighted by atomic mass is 35.5. The Morgan fingerprint density at radius 3 is 2.95 bits per heavy atom. The van der Waals surface area contributed by atoms with E-state index in [1.54, 1.807) is 7.11 Å². The molecule has 0 amide bonds. The van der Waals surface area contributed by atoms with E-state index in [-0.39, 0.29) is 0 Å². The van der Waals surface area contributed by atoms with Gasteiger partial charge in [0, 0.05) is 18.6 Å². The molecule has 1 saturated heterocycles. The normalized spacial score (nSPS) is 20.5. The molecule has 1 aliphatic rings. The van der Waals surface area contributed by atoms with Crippen molar-refractivity contribution in [2.45, 2.75) is 25.8 Å². The number of halogens is 1. The summed E-state index contributed by atoms with van der Waals surface area (Å²) in [7, 11) is 1.64. The molecule has 2 unspecified atom stereocenters. The summed E-state index contributed by atoms with van der Waals surface area (Å²) in [4.78, 5) is 0. The molecule has 1 aromatic rings. The lowest BCUT2D eigenvalue weighted by molar-refractivity contribution is 0.176. The second-order valence-corrected chi connectivity index (χ2v) is 5.36. The van der Waals surface area contributed by atoms with Crippen LogP contribution in [0.1, 0.15) is 31.4 Å². The molecule has 106 valence electrons. The molecule has 19 heavy (non-hydrogen) atoms. The lowest BCUT2D eigenvalue weighted by atomic mass is 9.92. The molecular formula is C15H22ClNO2. The molecule has 4 heteroatoms. The lowest BCUT2D eigenvalue weighted by Crippen LogP contribution is -2.29. The highest BCUT2D eigenvalue weighted by molar-refractivity contribution is 6.32. The molecule has 2 atom stereocenters. The molecule has 0 aliphatic carbocycles. The molecule has 3 nitrogen and oxygen atoms in total. The van der Waals surface area contributed by atoms with Gasteiger partial charge in [-0.25, -0.2) is 0 Å². The van der Waals surface area contributed by atoms with E-state index < -0.39 is 0 Å². The smallest absolute Gasteiger partial charge is 0.137 e. The van der Waals surface area contributed by atoms with Crippen LogP contribution in [-0.4, -0.2) is 26.9 Å². The number of hydrogen-bond donors (Lipinski definition) is 1. The largest absolute Gasteiger partial charge is 0.495 e. The highest BCUT2D eigenvalue weighted by Crippen LogP contribution is 2.33. The van der Waals surface area contributed by atoms with Gasteiger partial charge >= 0.3 is 0 Å². The van der Waals surface area contributed by atoms with Crippen LogP contribution in [0, 0.1) is 5.92 Å². The summed E-state index contributed by atoms with van der Waals surface area (Å²) < 4.78 is 10.7. The van der Waals surface area contributed by atoms with Crippen molar-refractivity contribution in [3.8, 4) is 5.75 Å². The fraction of sp³-hybridized carbons (Fsp3) is 0.600. The monoisotopic (exact) mass is 283 g/mol. The Morgan fingerprint density at radius 1 is 1.53 bits per heavy atom. The third-order valence-corrected chi connectivity index (χ3v) is 3.88. The van der Waals surface area contributed by atoms with Gasteiger partial charge in [0.25, 0.3) is 0 Å². The average molecular weight is 284 g/mol. The topological polar surface area (TPSA) is 30.5 Å².